The lowest BCUT2D eigenvalue weighted by Crippen LogP contribution is -2.27. The van der Waals surface area contributed by atoms with Gasteiger partial charge in [-0.1, -0.05) is 6.92 Å². The van der Waals surface area contributed by atoms with Crippen molar-refractivity contribution in [1.29, 1.82) is 0 Å². The molecule has 0 spiro atoms. The zero-order valence-corrected chi connectivity index (χ0v) is 6.92. The van der Waals surface area contributed by atoms with Crippen LogP contribution in [-0.4, -0.2) is 32.1 Å². The molecule has 2 unspecified atom stereocenters. The van der Waals surface area contributed by atoms with E-state index in [9.17, 15) is 0 Å². The minimum atomic E-state index is -0.398. The highest BCUT2D eigenvalue weighted by molar-refractivity contribution is 4.56. The molecule has 0 saturated heterocycles. The number of nitrogens with one attached hydrogen (secondary N) is 1. The van der Waals surface area contributed by atoms with Gasteiger partial charge in [0.05, 0.1) is 0 Å². The number of ether oxygens (including phenoxy) is 1. The summed E-state index contributed by atoms with van der Waals surface area (Å²) < 4.78 is 4.91. The van der Waals surface area contributed by atoms with E-state index in [0.29, 0.717) is 12.5 Å². The van der Waals surface area contributed by atoms with E-state index < -0.39 is 6.23 Å². The Morgan fingerprint density at radius 2 is 2.20 bits per heavy atom. The summed E-state index contributed by atoms with van der Waals surface area (Å²) in [6, 6.07) is 0. The van der Waals surface area contributed by atoms with Gasteiger partial charge in [-0.3, -0.25) is 5.32 Å². The number of methoxy groups -OCH3 is 1. The highest BCUT2D eigenvalue weighted by Crippen LogP contribution is 2.03. The molecule has 0 amide bonds. The van der Waals surface area contributed by atoms with Crippen molar-refractivity contribution < 1.29 is 9.84 Å². The Hall–Kier alpha value is -0.120. The maximum atomic E-state index is 9.09. The maximum absolute atomic E-state index is 9.09. The Morgan fingerprint density at radius 1 is 1.60 bits per heavy atom. The first-order chi connectivity index (χ1) is 4.70. The van der Waals surface area contributed by atoms with Gasteiger partial charge in [0.25, 0.3) is 0 Å². The Balaban J connectivity index is 3.27. The summed E-state index contributed by atoms with van der Waals surface area (Å²) in [5, 5.41) is 11.8. The Labute approximate surface area is 62.4 Å². The first-order valence-corrected chi connectivity index (χ1v) is 3.55. The van der Waals surface area contributed by atoms with Crippen LogP contribution in [0.2, 0.25) is 0 Å². The van der Waals surface area contributed by atoms with Crippen LogP contribution in [0.3, 0.4) is 0 Å². The first-order valence-electron chi connectivity index (χ1n) is 3.55. The molecule has 0 aromatic heterocycles. The van der Waals surface area contributed by atoms with Crippen molar-refractivity contribution in [2.45, 2.75) is 19.6 Å². The van der Waals surface area contributed by atoms with Crippen LogP contribution < -0.4 is 5.32 Å². The average Bonchev–Trinajstić information content (AvgIpc) is 1.88. The van der Waals surface area contributed by atoms with Crippen LogP contribution in [0.25, 0.3) is 0 Å². The standard InChI is InChI=1S/C7H17NO2/c1-6(5-10-3)4-7(9)8-2/h6-9H,4-5H2,1-3H3. The van der Waals surface area contributed by atoms with Crippen molar-refractivity contribution >= 4 is 0 Å². The summed E-state index contributed by atoms with van der Waals surface area (Å²) in [6.07, 6.45) is 0.342. The largest absolute Gasteiger partial charge is 0.384 e. The second-order valence-electron chi connectivity index (χ2n) is 2.60. The second-order valence-corrected chi connectivity index (χ2v) is 2.60. The molecule has 0 aliphatic carbocycles. The first kappa shape index (κ1) is 9.88. The van der Waals surface area contributed by atoms with Crippen LogP contribution in [0.4, 0.5) is 0 Å². The van der Waals surface area contributed by atoms with E-state index >= 15 is 0 Å². The topological polar surface area (TPSA) is 41.5 Å². The molecule has 3 heteroatoms. The van der Waals surface area contributed by atoms with E-state index in [1.807, 2.05) is 6.92 Å². The van der Waals surface area contributed by atoms with E-state index in [0.717, 1.165) is 6.42 Å². The van der Waals surface area contributed by atoms with E-state index in [2.05, 4.69) is 5.32 Å². The number of aliphatic hydroxyl groups excluding tert-OH is 1. The van der Waals surface area contributed by atoms with E-state index in [-0.39, 0.29) is 0 Å². The third-order valence-corrected chi connectivity index (χ3v) is 1.41. The molecule has 0 bridgehead atoms. The van der Waals surface area contributed by atoms with Gasteiger partial charge < -0.3 is 9.84 Å². The number of aliphatic hydroxyl groups is 1. The SMILES string of the molecule is CNC(O)CC(C)COC. The van der Waals surface area contributed by atoms with Crippen molar-refractivity contribution in [3.63, 3.8) is 0 Å². The molecule has 0 heterocycles. The summed E-state index contributed by atoms with van der Waals surface area (Å²) in [4.78, 5) is 0. The quantitative estimate of drug-likeness (QED) is 0.546. The van der Waals surface area contributed by atoms with E-state index in [4.69, 9.17) is 9.84 Å². The van der Waals surface area contributed by atoms with E-state index in [1.54, 1.807) is 14.2 Å². The van der Waals surface area contributed by atoms with E-state index in [1.165, 1.54) is 0 Å². The predicted octanol–water partition coefficient (Wildman–Crippen LogP) is 0.197. The van der Waals surface area contributed by atoms with Gasteiger partial charge >= 0.3 is 0 Å². The van der Waals surface area contributed by atoms with Crippen molar-refractivity contribution in [2.75, 3.05) is 20.8 Å². The lowest BCUT2D eigenvalue weighted by atomic mass is 10.1. The van der Waals surface area contributed by atoms with Crippen LogP contribution in [0, 0.1) is 5.92 Å². The Morgan fingerprint density at radius 3 is 2.60 bits per heavy atom. The van der Waals surface area contributed by atoms with Gasteiger partial charge in [0.1, 0.15) is 6.23 Å². The van der Waals surface area contributed by atoms with Gasteiger partial charge in [0.15, 0.2) is 0 Å². The lowest BCUT2D eigenvalue weighted by Gasteiger charge is -2.14. The van der Waals surface area contributed by atoms with Gasteiger partial charge in [0.2, 0.25) is 0 Å². The molecule has 0 fully saturated rings. The molecular formula is C7H17NO2. The number of hydrogen-bond donors (Lipinski definition) is 2. The highest BCUT2D eigenvalue weighted by Gasteiger charge is 2.06. The van der Waals surface area contributed by atoms with Crippen molar-refractivity contribution in [1.82, 2.24) is 5.32 Å². The third kappa shape index (κ3) is 4.73. The number of rotatable bonds is 5. The lowest BCUT2D eigenvalue weighted by molar-refractivity contribution is 0.0863. The Bertz CT molecular complexity index is 78.0. The molecule has 0 radical (unpaired) electrons. The van der Waals surface area contributed by atoms with Crippen LogP contribution in [-0.2, 0) is 4.74 Å². The molecule has 62 valence electrons. The van der Waals surface area contributed by atoms with Crippen molar-refractivity contribution in [3.8, 4) is 0 Å². The normalized spacial score (nSPS) is 16.8. The summed E-state index contributed by atoms with van der Waals surface area (Å²) >= 11 is 0. The monoisotopic (exact) mass is 147 g/mol. The van der Waals surface area contributed by atoms with Crippen LogP contribution >= 0.6 is 0 Å². The molecular weight excluding hydrogens is 130 g/mol. The maximum Gasteiger partial charge on any atom is 0.105 e. The number of hydrogen-bond acceptors (Lipinski definition) is 3. The van der Waals surface area contributed by atoms with Crippen molar-refractivity contribution in [2.24, 2.45) is 5.92 Å². The fourth-order valence-corrected chi connectivity index (χ4v) is 0.852. The minimum absolute atomic E-state index is 0.398. The van der Waals surface area contributed by atoms with Crippen LogP contribution in [0.1, 0.15) is 13.3 Å². The summed E-state index contributed by atoms with van der Waals surface area (Å²) in [6.45, 7) is 2.75. The second kappa shape index (κ2) is 5.65. The molecule has 3 nitrogen and oxygen atoms in total. The summed E-state index contributed by atoms with van der Waals surface area (Å²) in [7, 11) is 3.41. The molecule has 0 aliphatic heterocycles. The molecule has 0 aromatic carbocycles. The predicted molar refractivity (Wildman–Crippen MR) is 40.7 cm³/mol. The smallest absolute Gasteiger partial charge is 0.105 e. The molecule has 2 N–H and O–H groups in total. The van der Waals surface area contributed by atoms with Gasteiger partial charge in [-0.05, 0) is 19.4 Å². The summed E-state index contributed by atoms with van der Waals surface area (Å²) in [5.41, 5.74) is 0. The van der Waals surface area contributed by atoms with Gasteiger partial charge in [0, 0.05) is 13.7 Å². The summed E-state index contributed by atoms with van der Waals surface area (Å²) in [5.74, 6) is 0.410. The zero-order valence-electron chi connectivity index (χ0n) is 6.92. The van der Waals surface area contributed by atoms with Crippen LogP contribution in [0.15, 0.2) is 0 Å². The Kier molecular flexibility index (Phi) is 5.58. The minimum Gasteiger partial charge on any atom is -0.384 e. The molecule has 0 aromatic rings. The molecule has 0 saturated carbocycles. The molecule has 0 aliphatic rings. The van der Waals surface area contributed by atoms with Gasteiger partial charge in [-0.15, -0.1) is 0 Å². The van der Waals surface area contributed by atoms with Crippen LogP contribution in [0.5, 0.6) is 0 Å². The van der Waals surface area contributed by atoms with Crippen molar-refractivity contribution in [3.05, 3.63) is 0 Å². The molecule has 0 rings (SSSR count). The molecule has 10 heavy (non-hydrogen) atoms. The van der Waals surface area contributed by atoms with Gasteiger partial charge in [-0.25, -0.2) is 0 Å². The molecule has 2 atom stereocenters. The fourth-order valence-electron chi connectivity index (χ4n) is 0.852. The third-order valence-electron chi connectivity index (χ3n) is 1.41. The zero-order chi connectivity index (χ0) is 7.98. The fraction of sp³-hybridized carbons (Fsp3) is 1.00. The van der Waals surface area contributed by atoms with Gasteiger partial charge in [-0.2, -0.15) is 0 Å². The average molecular weight is 147 g/mol. The highest BCUT2D eigenvalue weighted by atomic mass is 16.5.